The SMILES string of the molecule is N#CNc1ccc(-c2ccc(Br)cc2)nn1. The second-order valence-corrected chi connectivity index (χ2v) is 3.96. The second-order valence-electron chi connectivity index (χ2n) is 3.05. The van der Waals surface area contributed by atoms with Crippen LogP contribution in [0.3, 0.4) is 0 Å². The van der Waals surface area contributed by atoms with Crippen molar-refractivity contribution in [2.24, 2.45) is 0 Å². The van der Waals surface area contributed by atoms with E-state index in [1.165, 1.54) is 0 Å². The molecule has 2 rings (SSSR count). The van der Waals surface area contributed by atoms with Gasteiger partial charge in [0.1, 0.15) is 0 Å². The molecule has 1 N–H and O–H groups in total. The predicted octanol–water partition coefficient (Wildman–Crippen LogP) is 2.80. The summed E-state index contributed by atoms with van der Waals surface area (Å²) in [4.78, 5) is 0. The minimum absolute atomic E-state index is 0.448. The minimum Gasteiger partial charge on any atom is -0.275 e. The first-order valence-electron chi connectivity index (χ1n) is 4.54. The van der Waals surface area contributed by atoms with Gasteiger partial charge in [0.25, 0.3) is 0 Å². The second kappa shape index (κ2) is 4.73. The van der Waals surface area contributed by atoms with Gasteiger partial charge in [0.15, 0.2) is 12.0 Å². The molecule has 1 aromatic carbocycles. The molecule has 0 amide bonds. The number of nitrogens with one attached hydrogen (secondary N) is 1. The third kappa shape index (κ3) is 2.35. The van der Waals surface area contributed by atoms with Crippen LogP contribution in [0.15, 0.2) is 40.9 Å². The van der Waals surface area contributed by atoms with E-state index in [-0.39, 0.29) is 0 Å². The van der Waals surface area contributed by atoms with Crippen LogP contribution in [0.1, 0.15) is 0 Å². The summed E-state index contributed by atoms with van der Waals surface area (Å²) in [5, 5.41) is 18.7. The number of hydrogen-bond acceptors (Lipinski definition) is 4. The number of halogens is 1. The third-order valence-electron chi connectivity index (χ3n) is 1.99. The molecule has 0 spiro atoms. The smallest absolute Gasteiger partial charge is 0.182 e. The van der Waals surface area contributed by atoms with Crippen LogP contribution in [0.25, 0.3) is 11.3 Å². The van der Waals surface area contributed by atoms with Crippen LogP contribution in [0.2, 0.25) is 0 Å². The zero-order chi connectivity index (χ0) is 11.4. The summed E-state index contributed by atoms with van der Waals surface area (Å²) in [6.07, 6.45) is 1.79. The fraction of sp³-hybridized carbons (Fsp3) is 0. The summed E-state index contributed by atoms with van der Waals surface area (Å²) in [7, 11) is 0. The highest BCUT2D eigenvalue weighted by Gasteiger charge is 2.00. The van der Waals surface area contributed by atoms with Crippen LogP contribution in [0, 0.1) is 11.5 Å². The van der Waals surface area contributed by atoms with E-state index in [0.29, 0.717) is 5.82 Å². The van der Waals surface area contributed by atoms with Gasteiger partial charge in [-0.05, 0) is 24.3 Å². The van der Waals surface area contributed by atoms with E-state index in [0.717, 1.165) is 15.7 Å². The molecule has 0 fully saturated rings. The summed E-state index contributed by atoms with van der Waals surface area (Å²) in [5.41, 5.74) is 1.76. The van der Waals surface area contributed by atoms with E-state index in [1.54, 1.807) is 12.3 Å². The van der Waals surface area contributed by atoms with Crippen molar-refractivity contribution in [3.05, 3.63) is 40.9 Å². The summed E-state index contributed by atoms with van der Waals surface area (Å²) >= 11 is 3.37. The monoisotopic (exact) mass is 274 g/mol. The van der Waals surface area contributed by atoms with Gasteiger partial charge in [-0.1, -0.05) is 28.1 Å². The molecule has 0 saturated carbocycles. The molecule has 4 nitrogen and oxygen atoms in total. The maximum absolute atomic E-state index is 8.40. The predicted molar refractivity (Wildman–Crippen MR) is 64.4 cm³/mol. The zero-order valence-electron chi connectivity index (χ0n) is 8.18. The number of benzene rings is 1. The molecule has 1 aromatic heterocycles. The molecule has 1 heterocycles. The first-order valence-corrected chi connectivity index (χ1v) is 5.33. The Labute approximate surface area is 101 Å². The molecule has 2 aromatic rings. The van der Waals surface area contributed by atoms with Crippen molar-refractivity contribution in [2.45, 2.75) is 0 Å². The van der Waals surface area contributed by atoms with Crippen molar-refractivity contribution >= 4 is 21.7 Å². The molecule has 0 unspecified atom stereocenters. The van der Waals surface area contributed by atoms with E-state index >= 15 is 0 Å². The number of nitrogens with zero attached hydrogens (tertiary/aromatic N) is 3. The Morgan fingerprint density at radius 1 is 1.06 bits per heavy atom. The molecule has 0 aliphatic heterocycles. The van der Waals surface area contributed by atoms with Gasteiger partial charge in [0.05, 0.1) is 5.69 Å². The molecule has 16 heavy (non-hydrogen) atoms. The molecule has 0 bridgehead atoms. The van der Waals surface area contributed by atoms with Crippen LogP contribution in [-0.2, 0) is 0 Å². The standard InChI is InChI=1S/C11H7BrN4/c12-9-3-1-8(2-4-9)10-5-6-11(14-7-13)16-15-10/h1-6H,(H,14,16). The van der Waals surface area contributed by atoms with Crippen molar-refractivity contribution in [1.82, 2.24) is 10.2 Å². The first kappa shape index (κ1) is 10.6. The van der Waals surface area contributed by atoms with Crippen molar-refractivity contribution in [3.63, 3.8) is 0 Å². The molecule has 0 atom stereocenters. The fourth-order valence-corrected chi connectivity index (χ4v) is 1.50. The van der Waals surface area contributed by atoms with E-state index in [9.17, 15) is 0 Å². The minimum atomic E-state index is 0.448. The molecule has 5 heteroatoms. The van der Waals surface area contributed by atoms with Gasteiger partial charge in [0, 0.05) is 10.0 Å². The van der Waals surface area contributed by atoms with Crippen LogP contribution < -0.4 is 5.32 Å². The van der Waals surface area contributed by atoms with Crippen LogP contribution in [0.4, 0.5) is 5.82 Å². The molecule has 0 aliphatic rings. The van der Waals surface area contributed by atoms with Crippen LogP contribution in [-0.4, -0.2) is 10.2 Å². The van der Waals surface area contributed by atoms with E-state index in [1.807, 2.05) is 30.3 Å². The van der Waals surface area contributed by atoms with Crippen molar-refractivity contribution in [3.8, 4) is 17.5 Å². The van der Waals surface area contributed by atoms with Gasteiger partial charge in [-0.2, -0.15) is 5.26 Å². The Bertz CT molecular complexity index is 513. The molecular formula is C11H7BrN4. The number of hydrogen-bond donors (Lipinski definition) is 1. The van der Waals surface area contributed by atoms with Crippen molar-refractivity contribution in [1.29, 1.82) is 5.26 Å². The molecular weight excluding hydrogens is 268 g/mol. The Morgan fingerprint density at radius 3 is 2.38 bits per heavy atom. The molecule has 0 aliphatic carbocycles. The number of rotatable bonds is 2. The highest BCUT2D eigenvalue weighted by Crippen LogP contribution is 2.19. The average molecular weight is 275 g/mol. The van der Waals surface area contributed by atoms with Gasteiger partial charge >= 0.3 is 0 Å². The topological polar surface area (TPSA) is 61.6 Å². The maximum Gasteiger partial charge on any atom is 0.182 e. The average Bonchev–Trinajstić information content (AvgIpc) is 2.32. The van der Waals surface area contributed by atoms with E-state index in [4.69, 9.17) is 5.26 Å². The summed E-state index contributed by atoms with van der Waals surface area (Å²) in [6, 6.07) is 11.3. The number of aromatic nitrogens is 2. The number of nitriles is 1. The lowest BCUT2D eigenvalue weighted by atomic mass is 10.1. The van der Waals surface area contributed by atoms with E-state index in [2.05, 4.69) is 31.4 Å². The number of anilines is 1. The Morgan fingerprint density at radius 2 is 1.81 bits per heavy atom. The highest BCUT2D eigenvalue weighted by atomic mass is 79.9. The molecule has 78 valence electrons. The van der Waals surface area contributed by atoms with Gasteiger partial charge in [0.2, 0.25) is 0 Å². The molecule has 0 radical (unpaired) electrons. The lowest BCUT2D eigenvalue weighted by Crippen LogP contribution is -1.94. The Hall–Kier alpha value is -1.93. The summed E-state index contributed by atoms with van der Waals surface area (Å²) in [6.45, 7) is 0. The van der Waals surface area contributed by atoms with Gasteiger partial charge in [-0.25, -0.2) is 0 Å². The molecule has 0 saturated heterocycles. The first-order chi connectivity index (χ1) is 7.79. The zero-order valence-corrected chi connectivity index (χ0v) is 9.77. The van der Waals surface area contributed by atoms with Crippen molar-refractivity contribution in [2.75, 3.05) is 5.32 Å². The van der Waals surface area contributed by atoms with Gasteiger partial charge in [-0.3, -0.25) is 5.32 Å². The maximum atomic E-state index is 8.40. The van der Waals surface area contributed by atoms with Gasteiger partial charge in [-0.15, -0.1) is 10.2 Å². The quantitative estimate of drug-likeness (QED) is 0.676. The van der Waals surface area contributed by atoms with Crippen LogP contribution in [0.5, 0.6) is 0 Å². The van der Waals surface area contributed by atoms with Gasteiger partial charge < -0.3 is 0 Å². The largest absolute Gasteiger partial charge is 0.275 e. The van der Waals surface area contributed by atoms with Crippen molar-refractivity contribution < 1.29 is 0 Å². The Balaban J connectivity index is 2.28. The fourth-order valence-electron chi connectivity index (χ4n) is 1.23. The lowest BCUT2D eigenvalue weighted by Gasteiger charge is -2.00. The normalized spacial score (nSPS) is 9.50. The third-order valence-corrected chi connectivity index (χ3v) is 2.52. The van der Waals surface area contributed by atoms with Crippen LogP contribution >= 0.6 is 15.9 Å². The lowest BCUT2D eigenvalue weighted by molar-refractivity contribution is 1.04. The van der Waals surface area contributed by atoms with E-state index < -0.39 is 0 Å². The summed E-state index contributed by atoms with van der Waals surface area (Å²) < 4.78 is 1.02. The summed E-state index contributed by atoms with van der Waals surface area (Å²) in [5.74, 6) is 0.448. The Kier molecular flexibility index (Phi) is 3.13. The highest BCUT2D eigenvalue weighted by molar-refractivity contribution is 9.10.